The van der Waals surface area contributed by atoms with Crippen LogP contribution in [-0.2, 0) is 6.18 Å². The Labute approximate surface area is 190 Å². The van der Waals surface area contributed by atoms with Gasteiger partial charge < -0.3 is 10.4 Å². The van der Waals surface area contributed by atoms with Crippen LogP contribution in [0.5, 0.6) is 0 Å². The number of likely N-dealkylation sites (tertiary alicyclic amines) is 1. The highest BCUT2D eigenvalue weighted by molar-refractivity contribution is 5.44. The summed E-state index contributed by atoms with van der Waals surface area (Å²) in [5.41, 5.74) is 1.71. The fraction of sp³-hybridized carbons (Fsp3) is 0.435. The first-order valence-corrected chi connectivity index (χ1v) is 10.9. The zero-order chi connectivity index (χ0) is 23.6. The summed E-state index contributed by atoms with van der Waals surface area (Å²) in [7, 11) is 0. The zero-order valence-corrected chi connectivity index (χ0v) is 18.5. The molecule has 2 aromatic heterocycles. The van der Waals surface area contributed by atoms with Crippen molar-refractivity contribution >= 4 is 5.82 Å². The van der Waals surface area contributed by atoms with E-state index < -0.39 is 18.0 Å². The normalized spacial score (nSPS) is 20.5. The van der Waals surface area contributed by atoms with E-state index in [9.17, 15) is 18.3 Å². The molecule has 1 aromatic carbocycles. The molecule has 176 valence electrons. The van der Waals surface area contributed by atoms with E-state index in [-0.39, 0.29) is 12.0 Å². The van der Waals surface area contributed by atoms with E-state index in [1.807, 2.05) is 30.0 Å². The first-order valence-electron chi connectivity index (χ1n) is 10.9. The highest BCUT2D eigenvalue weighted by atomic mass is 19.4. The summed E-state index contributed by atoms with van der Waals surface area (Å²) in [4.78, 5) is 9.97. The maximum atomic E-state index is 12.8. The van der Waals surface area contributed by atoms with Crippen LogP contribution >= 0.6 is 0 Å². The molecule has 4 rings (SSSR count). The Morgan fingerprint density at radius 1 is 1.24 bits per heavy atom. The summed E-state index contributed by atoms with van der Waals surface area (Å²) in [5, 5.41) is 18.8. The van der Waals surface area contributed by atoms with Crippen molar-refractivity contribution in [1.82, 2.24) is 24.6 Å². The second-order valence-electron chi connectivity index (χ2n) is 8.51. The van der Waals surface area contributed by atoms with Gasteiger partial charge in [0.1, 0.15) is 24.7 Å². The quantitative estimate of drug-likeness (QED) is 0.574. The van der Waals surface area contributed by atoms with E-state index in [1.165, 1.54) is 12.4 Å². The van der Waals surface area contributed by atoms with Crippen LogP contribution in [0.25, 0.3) is 5.69 Å². The third-order valence-electron chi connectivity index (χ3n) is 6.18. The van der Waals surface area contributed by atoms with Crippen molar-refractivity contribution < 1.29 is 18.3 Å². The van der Waals surface area contributed by atoms with Crippen LogP contribution in [-0.4, -0.2) is 48.9 Å². The number of alkyl halides is 3. The Hall–Kier alpha value is -2.98. The van der Waals surface area contributed by atoms with Gasteiger partial charge in [0.05, 0.1) is 11.3 Å². The first kappa shape index (κ1) is 23.2. The van der Waals surface area contributed by atoms with Gasteiger partial charge in [-0.05, 0) is 49.9 Å². The second kappa shape index (κ2) is 9.48. The third kappa shape index (κ3) is 5.17. The molecule has 0 spiro atoms. The number of aliphatic hydroxyl groups is 1. The molecule has 0 bridgehead atoms. The van der Waals surface area contributed by atoms with Gasteiger partial charge in [0.2, 0.25) is 0 Å². The molecule has 0 radical (unpaired) electrons. The summed E-state index contributed by atoms with van der Waals surface area (Å²) >= 11 is 0. The van der Waals surface area contributed by atoms with Crippen molar-refractivity contribution in [1.29, 1.82) is 0 Å². The highest BCUT2D eigenvalue weighted by Gasteiger charge is 2.34. The minimum atomic E-state index is -4.42. The molecule has 1 aliphatic heterocycles. The standard InChI is InChI=1S/C23H27F3N6O/c1-15-5-7-19(32-14-27-13-30-32)18(10-15)22(33)31-9-3-4-16(2)20(31)12-29-21-8-6-17(11-28-21)23(24,25)26/h5-8,10-11,13-14,16,20,22,33H,3-4,9,12H2,1-2H3,(H,28,29)/t16-,20?,22?/m1/s1. The molecular formula is C23H27F3N6O. The highest BCUT2D eigenvalue weighted by Crippen LogP contribution is 2.33. The molecule has 10 heteroatoms. The van der Waals surface area contributed by atoms with E-state index in [0.717, 1.165) is 41.9 Å². The number of hydrogen-bond donors (Lipinski definition) is 2. The molecule has 1 aliphatic rings. The molecule has 7 nitrogen and oxygen atoms in total. The van der Waals surface area contributed by atoms with Gasteiger partial charge in [-0.25, -0.2) is 14.6 Å². The Morgan fingerprint density at radius 3 is 2.73 bits per heavy atom. The predicted octanol–water partition coefficient (Wildman–Crippen LogP) is 4.19. The third-order valence-corrected chi connectivity index (χ3v) is 6.18. The second-order valence-corrected chi connectivity index (χ2v) is 8.51. The number of nitrogens with one attached hydrogen (secondary N) is 1. The number of hydrogen-bond acceptors (Lipinski definition) is 6. The van der Waals surface area contributed by atoms with Crippen LogP contribution in [0.1, 0.15) is 42.7 Å². The fourth-order valence-electron chi connectivity index (χ4n) is 4.38. The summed E-state index contributed by atoms with van der Waals surface area (Å²) < 4.78 is 40.0. The number of halogens is 3. The number of piperidine rings is 1. The fourth-order valence-corrected chi connectivity index (χ4v) is 4.38. The van der Waals surface area contributed by atoms with Gasteiger partial charge in [0.15, 0.2) is 0 Å². The van der Waals surface area contributed by atoms with Crippen LogP contribution < -0.4 is 5.32 Å². The molecule has 0 aliphatic carbocycles. The van der Waals surface area contributed by atoms with Gasteiger partial charge in [0, 0.05) is 30.9 Å². The maximum Gasteiger partial charge on any atom is 0.417 e. The van der Waals surface area contributed by atoms with Crippen molar-refractivity contribution in [3.8, 4) is 5.69 Å². The van der Waals surface area contributed by atoms with E-state index in [1.54, 1.807) is 11.0 Å². The number of pyridine rings is 1. The number of aryl methyl sites for hydroxylation is 1. The number of aromatic nitrogens is 4. The lowest BCUT2D eigenvalue weighted by molar-refractivity contribution is -0.137. The molecule has 3 atom stereocenters. The molecule has 3 heterocycles. The van der Waals surface area contributed by atoms with E-state index in [0.29, 0.717) is 18.9 Å². The van der Waals surface area contributed by atoms with Crippen LogP contribution in [0.3, 0.4) is 0 Å². The Balaban J connectivity index is 1.55. The molecule has 2 N–H and O–H groups in total. The van der Waals surface area contributed by atoms with Gasteiger partial charge in [-0.15, -0.1) is 0 Å². The maximum absolute atomic E-state index is 12.8. The summed E-state index contributed by atoms with van der Waals surface area (Å²) in [6.45, 7) is 5.24. The monoisotopic (exact) mass is 460 g/mol. The number of benzene rings is 1. The van der Waals surface area contributed by atoms with E-state index in [4.69, 9.17) is 0 Å². The minimum Gasteiger partial charge on any atom is -0.374 e. The van der Waals surface area contributed by atoms with Crippen molar-refractivity contribution in [3.05, 3.63) is 65.9 Å². The molecule has 3 aromatic rings. The molecule has 1 saturated heterocycles. The minimum absolute atomic E-state index is 0.0399. The van der Waals surface area contributed by atoms with Crippen LogP contribution in [0.15, 0.2) is 49.2 Å². The van der Waals surface area contributed by atoms with Crippen LogP contribution in [0, 0.1) is 12.8 Å². The smallest absolute Gasteiger partial charge is 0.374 e. The molecule has 1 fully saturated rings. The average Bonchev–Trinajstić information content (AvgIpc) is 3.32. The summed E-state index contributed by atoms with van der Waals surface area (Å²) in [6, 6.07) is 8.13. The predicted molar refractivity (Wildman–Crippen MR) is 118 cm³/mol. The van der Waals surface area contributed by atoms with Crippen molar-refractivity contribution in [2.75, 3.05) is 18.4 Å². The first-order chi connectivity index (χ1) is 15.7. The summed E-state index contributed by atoms with van der Waals surface area (Å²) in [6.07, 6.45) is 0.519. The van der Waals surface area contributed by atoms with Crippen molar-refractivity contribution in [3.63, 3.8) is 0 Å². The Morgan fingerprint density at radius 2 is 2.06 bits per heavy atom. The molecule has 2 unspecified atom stereocenters. The largest absolute Gasteiger partial charge is 0.417 e. The van der Waals surface area contributed by atoms with E-state index in [2.05, 4.69) is 27.3 Å². The molecular weight excluding hydrogens is 433 g/mol. The van der Waals surface area contributed by atoms with Gasteiger partial charge in [-0.2, -0.15) is 18.3 Å². The van der Waals surface area contributed by atoms with Crippen molar-refractivity contribution in [2.24, 2.45) is 5.92 Å². The van der Waals surface area contributed by atoms with Gasteiger partial charge in [-0.3, -0.25) is 4.90 Å². The Bertz CT molecular complexity index is 1060. The number of rotatable bonds is 6. The Kier molecular flexibility index (Phi) is 6.66. The number of aliphatic hydroxyl groups excluding tert-OH is 1. The number of nitrogens with zero attached hydrogens (tertiary/aromatic N) is 5. The van der Waals surface area contributed by atoms with Gasteiger partial charge in [0.25, 0.3) is 0 Å². The van der Waals surface area contributed by atoms with Gasteiger partial charge >= 0.3 is 6.18 Å². The lowest BCUT2D eigenvalue weighted by Crippen LogP contribution is -2.50. The van der Waals surface area contributed by atoms with Crippen LogP contribution in [0.2, 0.25) is 0 Å². The molecule has 33 heavy (non-hydrogen) atoms. The summed E-state index contributed by atoms with van der Waals surface area (Å²) in [5.74, 6) is 0.643. The average molecular weight is 461 g/mol. The zero-order valence-electron chi connectivity index (χ0n) is 18.5. The SMILES string of the molecule is Cc1ccc(-n2cncn2)c(C(O)N2CCC[C@@H](C)C2CNc2ccc(C(F)(F)F)cn2)c1. The lowest BCUT2D eigenvalue weighted by Gasteiger charge is -2.43. The van der Waals surface area contributed by atoms with Gasteiger partial charge in [-0.1, -0.05) is 18.6 Å². The number of anilines is 1. The lowest BCUT2D eigenvalue weighted by atomic mass is 9.89. The van der Waals surface area contributed by atoms with Crippen LogP contribution in [0.4, 0.5) is 19.0 Å². The van der Waals surface area contributed by atoms with Crippen molar-refractivity contribution in [2.45, 2.75) is 45.1 Å². The molecule has 0 amide bonds. The molecule has 0 saturated carbocycles. The van der Waals surface area contributed by atoms with E-state index >= 15 is 0 Å². The topological polar surface area (TPSA) is 79.1 Å².